The number of carbonyl (C=O) groups excluding carboxylic acids is 1. The summed E-state index contributed by atoms with van der Waals surface area (Å²) in [6.07, 6.45) is 3.79. The van der Waals surface area contributed by atoms with Gasteiger partial charge in [0.15, 0.2) is 0 Å². The number of aliphatic hydroxyl groups is 1. The first-order valence-electron chi connectivity index (χ1n) is 16.9. The maximum absolute atomic E-state index is 13.4. The summed E-state index contributed by atoms with van der Waals surface area (Å²) in [7, 11) is 1.57. The van der Waals surface area contributed by atoms with Crippen molar-refractivity contribution in [1.82, 2.24) is 29.9 Å². The van der Waals surface area contributed by atoms with E-state index in [0.717, 1.165) is 17.5 Å². The molecule has 2 aliphatic heterocycles. The number of nitrogens with one attached hydrogen (secondary N) is 2. The summed E-state index contributed by atoms with van der Waals surface area (Å²) in [6, 6.07) is 18.0. The van der Waals surface area contributed by atoms with Crippen LogP contribution in [-0.2, 0) is 22.7 Å². The highest BCUT2D eigenvalue weighted by Gasteiger charge is 2.36. The fourth-order valence-corrected chi connectivity index (χ4v) is 7.62. The molecule has 2 aliphatic rings. The Kier molecular flexibility index (Phi) is 10.3. The number of methoxy groups -OCH3 is 1. The molecule has 0 radical (unpaired) electrons. The zero-order valence-corrected chi connectivity index (χ0v) is 29.7. The van der Waals surface area contributed by atoms with Crippen molar-refractivity contribution in [2.24, 2.45) is 0 Å². The van der Waals surface area contributed by atoms with Gasteiger partial charge >= 0.3 is 5.97 Å². The molecule has 7 rings (SSSR count). The smallest absolute Gasteiger partial charge is 0.321 e. The zero-order chi connectivity index (χ0) is 36.5. The van der Waals surface area contributed by atoms with Crippen molar-refractivity contribution in [1.29, 1.82) is 0 Å². The summed E-state index contributed by atoms with van der Waals surface area (Å²) in [6.45, 7) is 1.40. The predicted molar refractivity (Wildman–Crippen MR) is 197 cm³/mol. The van der Waals surface area contributed by atoms with Gasteiger partial charge in [-0.15, -0.1) is 0 Å². The van der Waals surface area contributed by atoms with Gasteiger partial charge < -0.3 is 25.6 Å². The molecule has 2 fully saturated rings. The monoisotopic (exact) mass is 742 g/mol. The number of aliphatic carboxylic acids is 1. The molecule has 5 heterocycles. The minimum Gasteiger partial charge on any atom is -0.481 e. The van der Waals surface area contributed by atoms with Gasteiger partial charge in [-0.25, -0.2) is 9.97 Å². The minimum absolute atomic E-state index is 0.0598. The van der Waals surface area contributed by atoms with Crippen molar-refractivity contribution in [3.63, 3.8) is 0 Å². The Hall–Kier alpha value is -4.85. The zero-order valence-electron chi connectivity index (χ0n) is 28.2. The number of pyridine rings is 2. The van der Waals surface area contributed by atoms with Crippen molar-refractivity contribution in [3.05, 3.63) is 105 Å². The molecule has 0 unspecified atom stereocenters. The number of carboxylic acids is 1. The maximum Gasteiger partial charge on any atom is 0.321 e. The quantitative estimate of drug-likeness (QED) is 0.148. The molecular formula is C38H36Cl2N6O6. The Morgan fingerprint density at radius 2 is 1.75 bits per heavy atom. The number of hydrogen-bond donors (Lipinski definition) is 4. The third kappa shape index (κ3) is 7.12. The Morgan fingerprint density at radius 1 is 1.02 bits per heavy atom. The van der Waals surface area contributed by atoms with Crippen molar-refractivity contribution < 1.29 is 24.5 Å². The number of likely N-dealkylation sites (tertiary alicyclic amines) is 1. The van der Waals surface area contributed by atoms with E-state index in [1.807, 2.05) is 48.5 Å². The average Bonchev–Trinajstić information content (AvgIpc) is 3.73. The first kappa shape index (κ1) is 35.5. The van der Waals surface area contributed by atoms with Crippen LogP contribution in [0.4, 0.5) is 0 Å². The second-order valence-electron chi connectivity index (χ2n) is 13.0. The van der Waals surface area contributed by atoms with Crippen LogP contribution in [0.2, 0.25) is 10.0 Å². The molecule has 14 heteroatoms. The fraction of sp³-hybridized carbons (Fsp3) is 0.289. The van der Waals surface area contributed by atoms with E-state index in [4.69, 9.17) is 32.9 Å². The van der Waals surface area contributed by atoms with E-state index < -0.39 is 18.1 Å². The molecule has 0 saturated carbocycles. The molecule has 3 atom stereocenters. The molecule has 0 aliphatic carbocycles. The van der Waals surface area contributed by atoms with Crippen LogP contribution >= 0.6 is 23.2 Å². The number of rotatable bonds is 11. The lowest BCUT2D eigenvalue weighted by molar-refractivity contribution is -0.142. The molecule has 3 aromatic heterocycles. The largest absolute Gasteiger partial charge is 0.481 e. The fourth-order valence-electron chi connectivity index (χ4n) is 6.96. The van der Waals surface area contributed by atoms with E-state index in [1.54, 1.807) is 30.3 Å². The molecule has 12 nitrogen and oxygen atoms in total. The van der Waals surface area contributed by atoms with Crippen molar-refractivity contribution in [2.45, 2.75) is 50.5 Å². The van der Waals surface area contributed by atoms with Crippen LogP contribution in [0.25, 0.3) is 39.2 Å². The summed E-state index contributed by atoms with van der Waals surface area (Å²) >= 11 is 14.2. The van der Waals surface area contributed by atoms with E-state index in [0.29, 0.717) is 74.6 Å². The van der Waals surface area contributed by atoms with Gasteiger partial charge in [0.2, 0.25) is 11.8 Å². The summed E-state index contributed by atoms with van der Waals surface area (Å²) in [5.41, 5.74) is 5.48. The van der Waals surface area contributed by atoms with Gasteiger partial charge in [-0.2, -0.15) is 0 Å². The third-order valence-electron chi connectivity index (χ3n) is 9.62. The number of carbonyl (C=O) groups is 2. The SMILES string of the molecule is COc1nc(-c2cccc(-c3cccc(-c4ccn5c(=O)c(CN6C[C@@H](O)C[C@@H]6C(=O)O)cnc5c4)c3Cl)c2Cl)ccc1CNC[C@@H]1CCC(=O)N1. The van der Waals surface area contributed by atoms with Gasteiger partial charge in [0, 0.05) is 85.3 Å². The highest BCUT2D eigenvalue weighted by atomic mass is 35.5. The van der Waals surface area contributed by atoms with Crippen LogP contribution in [0.1, 0.15) is 30.4 Å². The Morgan fingerprint density at radius 3 is 2.46 bits per heavy atom. The number of benzene rings is 2. The molecule has 1 amide bonds. The van der Waals surface area contributed by atoms with Gasteiger partial charge in [-0.3, -0.25) is 23.7 Å². The lowest BCUT2D eigenvalue weighted by Gasteiger charge is -2.20. The highest BCUT2D eigenvalue weighted by Crippen LogP contribution is 2.42. The lowest BCUT2D eigenvalue weighted by Crippen LogP contribution is -2.37. The average molecular weight is 744 g/mol. The van der Waals surface area contributed by atoms with Crippen LogP contribution in [0.15, 0.2) is 77.9 Å². The summed E-state index contributed by atoms with van der Waals surface area (Å²) in [4.78, 5) is 47.4. The number of ether oxygens (including phenoxy) is 1. The van der Waals surface area contributed by atoms with Crippen LogP contribution in [0.5, 0.6) is 5.88 Å². The van der Waals surface area contributed by atoms with Crippen molar-refractivity contribution in [2.75, 3.05) is 20.2 Å². The second-order valence-corrected chi connectivity index (χ2v) is 13.8. The number of nitrogens with zero attached hydrogens (tertiary/aromatic N) is 4. The van der Waals surface area contributed by atoms with Gasteiger partial charge in [0.05, 0.1) is 34.5 Å². The first-order chi connectivity index (χ1) is 25.1. The normalized spacial score (nSPS) is 18.9. The van der Waals surface area contributed by atoms with Crippen molar-refractivity contribution in [3.8, 4) is 39.4 Å². The summed E-state index contributed by atoms with van der Waals surface area (Å²) < 4.78 is 7.05. The topological polar surface area (TPSA) is 158 Å². The molecule has 0 bridgehead atoms. The molecule has 0 spiro atoms. The molecule has 268 valence electrons. The number of hydrogen-bond acceptors (Lipinski definition) is 9. The molecule has 2 saturated heterocycles. The maximum atomic E-state index is 13.4. The Bertz CT molecular complexity index is 2250. The first-order valence-corrected chi connectivity index (χ1v) is 17.6. The molecule has 52 heavy (non-hydrogen) atoms. The number of amides is 1. The van der Waals surface area contributed by atoms with Gasteiger partial charge in [0.1, 0.15) is 11.7 Å². The molecular weight excluding hydrogens is 707 g/mol. The van der Waals surface area contributed by atoms with Crippen LogP contribution < -0.4 is 20.9 Å². The highest BCUT2D eigenvalue weighted by molar-refractivity contribution is 6.39. The van der Waals surface area contributed by atoms with Gasteiger partial charge in [0.25, 0.3) is 5.56 Å². The van der Waals surface area contributed by atoms with Crippen LogP contribution in [-0.4, -0.2) is 79.7 Å². The number of β-amino-alcohol motifs (C(OH)–C–C–N with tert-alkyl or cyclic N) is 1. The van der Waals surface area contributed by atoms with E-state index in [-0.39, 0.29) is 37.0 Å². The van der Waals surface area contributed by atoms with E-state index >= 15 is 0 Å². The van der Waals surface area contributed by atoms with Gasteiger partial charge in [-0.05, 0) is 30.2 Å². The molecule has 2 aromatic carbocycles. The Labute approximate surface area is 309 Å². The predicted octanol–water partition coefficient (Wildman–Crippen LogP) is 4.79. The standard InChI is InChI=1S/C38H36Cl2N6O6/c1-52-36-22(16-41-18-24-9-11-33(48)43-24)8-10-30(44-36)29-7-3-6-28(35(29)40)27-5-2-4-26(34(27)39)21-12-13-46-32(14-21)42-17-23(37(46)49)19-45-20-25(47)15-31(45)38(50)51/h2-8,10,12-14,17,24-25,31,41,47H,9,11,15-16,18-20H2,1H3,(H,43,48)(H,50,51)/t24-,25-,31+/m0/s1. The van der Waals surface area contributed by atoms with Crippen LogP contribution in [0, 0.1) is 0 Å². The number of aliphatic hydroxyl groups excluding tert-OH is 1. The third-order valence-corrected chi connectivity index (χ3v) is 10.4. The number of aromatic nitrogens is 3. The Balaban J connectivity index is 1.14. The van der Waals surface area contributed by atoms with E-state index in [1.165, 1.54) is 10.6 Å². The summed E-state index contributed by atoms with van der Waals surface area (Å²) in [5, 5.41) is 26.8. The summed E-state index contributed by atoms with van der Waals surface area (Å²) in [5.74, 6) is -0.485. The van der Waals surface area contributed by atoms with Crippen LogP contribution in [0.3, 0.4) is 0 Å². The number of carboxylic acid groups (broad SMARTS) is 1. The second kappa shape index (κ2) is 15.0. The van der Waals surface area contributed by atoms with E-state index in [2.05, 4.69) is 15.6 Å². The number of fused-ring (bicyclic) bond motifs is 1. The lowest BCUT2D eigenvalue weighted by atomic mass is 9.97. The van der Waals surface area contributed by atoms with Gasteiger partial charge in [-0.1, -0.05) is 65.7 Å². The minimum atomic E-state index is -1.04. The van der Waals surface area contributed by atoms with E-state index in [9.17, 15) is 24.6 Å². The molecule has 5 aromatic rings. The number of halogens is 2. The van der Waals surface area contributed by atoms with Crippen molar-refractivity contribution >= 4 is 40.7 Å². The molecule has 4 N–H and O–H groups in total.